The second-order valence-electron chi connectivity index (χ2n) is 6.53. The van der Waals surface area contributed by atoms with Gasteiger partial charge in [0.05, 0.1) is 11.6 Å². The highest BCUT2D eigenvalue weighted by molar-refractivity contribution is 6.32. The Morgan fingerprint density at radius 1 is 0.852 bits per heavy atom. The lowest BCUT2D eigenvalue weighted by Gasteiger charge is -2.04. The van der Waals surface area contributed by atoms with Gasteiger partial charge in [-0.25, -0.2) is 9.59 Å². The van der Waals surface area contributed by atoms with Crippen molar-refractivity contribution in [3.8, 4) is 5.75 Å². The van der Waals surface area contributed by atoms with Crippen LogP contribution in [0.25, 0.3) is 0 Å². The van der Waals surface area contributed by atoms with Gasteiger partial charge in [-0.05, 0) is 18.6 Å². The first kappa shape index (κ1) is 23.2. The van der Waals surface area contributed by atoms with E-state index in [4.69, 9.17) is 21.1 Å². The summed E-state index contributed by atoms with van der Waals surface area (Å²) in [7, 11) is 0. The quantitative estimate of drug-likeness (QED) is 0.161. The van der Waals surface area contributed by atoms with E-state index in [1.165, 1.54) is 51.4 Å². The van der Waals surface area contributed by atoms with E-state index in [2.05, 4.69) is 6.92 Å². The Hall–Kier alpha value is -1.81. The minimum atomic E-state index is -0.668. The third kappa shape index (κ3) is 12.2. The summed E-state index contributed by atoms with van der Waals surface area (Å²) in [5.74, 6) is -0.950. The number of rotatable bonds is 14. The van der Waals surface area contributed by atoms with E-state index >= 15 is 0 Å². The van der Waals surface area contributed by atoms with Crippen molar-refractivity contribution in [1.29, 1.82) is 0 Å². The van der Waals surface area contributed by atoms with Crippen LogP contribution in [0.2, 0.25) is 5.02 Å². The van der Waals surface area contributed by atoms with Crippen LogP contribution in [-0.4, -0.2) is 18.5 Å². The molecule has 0 unspecified atom stereocenters. The fourth-order valence-corrected chi connectivity index (χ4v) is 2.79. The molecule has 150 valence electrons. The molecule has 0 fully saturated rings. The standard InChI is InChI=1S/C22H31ClO4/c1-2-3-4-5-6-7-8-9-10-13-18-26-21(24)16-17-22(25)27-20-15-12-11-14-19(20)23/h11-12,14-17H,2-10,13,18H2,1H3/b17-16+. The van der Waals surface area contributed by atoms with E-state index in [0.29, 0.717) is 11.6 Å². The number of halogens is 1. The molecule has 0 aliphatic rings. The smallest absolute Gasteiger partial charge is 0.336 e. The number of esters is 2. The molecule has 0 radical (unpaired) electrons. The minimum absolute atomic E-state index is 0.257. The lowest BCUT2D eigenvalue weighted by Crippen LogP contribution is -2.07. The third-order valence-corrected chi connectivity index (χ3v) is 4.46. The minimum Gasteiger partial charge on any atom is -0.463 e. The van der Waals surface area contributed by atoms with E-state index in [-0.39, 0.29) is 5.75 Å². The predicted molar refractivity (Wildman–Crippen MR) is 109 cm³/mol. The SMILES string of the molecule is CCCCCCCCCCCCOC(=O)/C=C/C(=O)Oc1ccccc1Cl. The maximum absolute atomic E-state index is 11.7. The molecule has 5 heteroatoms. The molecule has 0 atom stereocenters. The Labute approximate surface area is 167 Å². The van der Waals surface area contributed by atoms with Gasteiger partial charge in [-0.15, -0.1) is 0 Å². The monoisotopic (exact) mass is 394 g/mol. The van der Waals surface area contributed by atoms with E-state index in [1.54, 1.807) is 24.3 Å². The van der Waals surface area contributed by atoms with Crippen molar-refractivity contribution in [3.63, 3.8) is 0 Å². The number of carbonyl (C=O) groups is 2. The van der Waals surface area contributed by atoms with E-state index in [1.807, 2.05) is 0 Å². The number of unbranched alkanes of at least 4 members (excludes halogenated alkanes) is 9. The first-order chi connectivity index (χ1) is 13.1. The molecular weight excluding hydrogens is 364 g/mol. The number of hydrogen-bond acceptors (Lipinski definition) is 4. The van der Waals surface area contributed by atoms with Gasteiger partial charge < -0.3 is 9.47 Å². The highest BCUT2D eigenvalue weighted by atomic mass is 35.5. The number of hydrogen-bond donors (Lipinski definition) is 0. The Morgan fingerprint density at radius 2 is 1.41 bits per heavy atom. The number of para-hydroxylation sites is 1. The molecule has 0 N–H and O–H groups in total. The zero-order chi connectivity index (χ0) is 19.7. The topological polar surface area (TPSA) is 52.6 Å². The van der Waals surface area contributed by atoms with Gasteiger partial charge in [0.2, 0.25) is 0 Å². The second kappa shape index (κ2) is 15.3. The van der Waals surface area contributed by atoms with Crippen LogP contribution >= 0.6 is 11.6 Å². The molecule has 0 amide bonds. The largest absolute Gasteiger partial charge is 0.463 e. The number of benzene rings is 1. The number of ether oxygens (including phenoxy) is 2. The molecule has 0 bridgehead atoms. The van der Waals surface area contributed by atoms with Gasteiger partial charge in [0, 0.05) is 12.2 Å². The van der Waals surface area contributed by atoms with Crippen LogP contribution in [0.3, 0.4) is 0 Å². The first-order valence-electron chi connectivity index (χ1n) is 9.94. The Balaban J connectivity index is 2.03. The van der Waals surface area contributed by atoms with Crippen LogP contribution in [-0.2, 0) is 14.3 Å². The summed E-state index contributed by atoms with van der Waals surface area (Å²) in [6, 6.07) is 6.64. The zero-order valence-electron chi connectivity index (χ0n) is 16.3. The molecule has 1 rings (SSSR count). The maximum atomic E-state index is 11.7. The lowest BCUT2D eigenvalue weighted by molar-refractivity contribution is -0.138. The summed E-state index contributed by atoms with van der Waals surface area (Å²) in [4.78, 5) is 23.2. The van der Waals surface area contributed by atoms with Crippen LogP contribution in [0.1, 0.15) is 71.1 Å². The summed E-state index contributed by atoms with van der Waals surface area (Å²) in [6.45, 7) is 2.61. The van der Waals surface area contributed by atoms with E-state index < -0.39 is 11.9 Å². The Morgan fingerprint density at radius 3 is 2.04 bits per heavy atom. The van der Waals surface area contributed by atoms with E-state index in [0.717, 1.165) is 25.0 Å². The summed E-state index contributed by atoms with van der Waals surface area (Å²) >= 11 is 5.90. The molecule has 0 heterocycles. The van der Waals surface area contributed by atoms with Gasteiger partial charge >= 0.3 is 11.9 Å². The average molecular weight is 395 g/mol. The highest BCUT2D eigenvalue weighted by Crippen LogP contribution is 2.23. The van der Waals surface area contributed by atoms with Crippen LogP contribution in [0, 0.1) is 0 Å². The normalized spacial score (nSPS) is 10.9. The van der Waals surface area contributed by atoms with Gasteiger partial charge in [-0.2, -0.15) is 0 Å². The average Bonchev–Trinajstić information content (AvgIpc) is 2.66. The molecule has 0 saturated heterocycles. The third-order valence-electron chi connectivity index (χ3n) is 4.14. The summed E-state index contributed by atoms with van der Waals surface area (Å²) in [5.41, 5.74) is 0. The van der Waals surface area contributed by atoms with Crippen molar-refractivity contribution in [3.05, 3.63) is 41.4 Å². The van der Waals surface area contributed by atoms with Crippen molar-refractivity contribution < 1.29 is 19.1 Å². The fraction of sp³-hybridized carbons (Fsp3) is 0.545. The van der Waals surface area contributed by atoms with E-state index in [9.17, 15) is 9.59 Å². The summed E-state index contributed by atoms with van der Waals surface area (Å²) < 4.78 is 10.1. The van der Waals surface area contributed by atoms with Crippen LogP contribution in [0.4, 0.5) is 0 Å². The van der Waals surface area contributed by atoms with Crippen molar-refractivity contribution in [2.45, 2.75) is 71.1 Å². The lowest BCUT2D eigenvalue weighted by atomic mass is 10.1. The fourth-order valence-electron chi connectivity index (χ4n) is 2.62. The summed E-state index contributed by atoms with van der Waals surface area (Å²) in [5, 5.41) is 0.336. The molecule has 0 saturated carbocycles. The van der Waals surface area contributed by atoms with Crippen molar-refractivity contribution in [1.82, 2.24) is 0 Å². The Kier molecular flexibility index (Phi) is 13.1. The second-order valence-corrected chi connectivity index (χ2v) is 6.94. The Bertz CT molecular complexity index is 583. The number of carbonyl (C=O) groups excluding carboxylic acids is 2. The van der Waals surface area contributed by atoms with Gasteiger partial charge in [0.25, 0.3) is 0 Å². The molecular formula is C22H31ClO4. The van der Waals surface area contributed by atoms with Crippen LogP contribution < -0.4 is 4.74 Å². The molecule has 1 aromatic rings. The van der Waals surface area contributed by atoms with Crippen LogP contribution in [0.15, 0.2) is 36.4 Å². The first-order valence-corrected chi connectivity index (χ1v) is 10.3. The van der Waals surface area contributed by atoms with Crippen molar-refractivity contribution >= 4 is 23.5 Å². The van der Waals surface area contributed by atoms with Crippen LogP contribution in [0.5, 0.6) is 5.75 Å². The van der Waals surface area contributed by atoms with Gasteiger partial charge in [-0.3, -0.25) is 0 Å². The molecule has 1 aromatic carbocycles. The van der Waals surface area contributed by atoms with Crippen molar-refractivity contribution in [2.75, 3.05) is 6.61 Å². The van der Waals surface area contributed by atoms with Crippen molar-refractivity contribution in [2.24, 2.45) is 0 Å². The maximum Gasteiger partial charge on any atom is 0.336 e. The molecule has 0 aliphatic carbocycles. The van der Waals surface area contributed by atoms with Gasteiger partial charge in [-0.1, -0.05) is 88.4 Å². The predicted octanol–water partition coefficient (Wildman–Crippen LogP) is 6.27. The highest BCUT2D eigenvalue weighted by Gasteiger charge is 2.05. The molecule has 0 spiro atoms. The zero-order valence-corrected chi connectivity index (χ0v) is 17.0. The summed E-state index contributed by atoms with van der Waals surface area (Å²) in [6.07, 6.45) is 14.4. The molecule has 4 nitrogen and oxygen atoms in total. The van der Waals surface area contributed by atoms with Gasteiger partial charge in [0.1, 0.15) is 5.75 Å². The molecule has 0 aromatic heterocycles. The molecule has 0 aliphatic heterocycles. The van der Waals surface area contributed by atoms with Gasteiger partial charge in [0.15, 0.2) is 0 Å². The molecule has 27 heavy (non-hydrogen) atoms.